The summed E-state index contributed by atoms with van der Waals surface area (Å²) >= 11 is 13.6. The van der Waals surface area contributed by atoms with Gasteiger partial charge in [0.2, 0.25) is 5.91 Å². The fourth-order valence-electron chi connectivity index (χ4n) is 1.60. The number of nitrogen functional groups attached to an aromatic ring is 1. The average molecular weight is 351 g/mol. The molecule has 1 rings (SSSR count). The minimum absolute atomic E-state index is 0.123. The van der Waals surface area contributed by atoms with Crippen molar-refractivity contribution in [3.63, 3.8) is 0 Å². The molecule has 0 aliphatic heterocycles. The number of nitrogens with one attached hydrogen (secondary N) is 1. The van der Waals surface area contributed by atoms with E-state index in [1.807, 2.05) is 6.92 Å². The zero-order chi connectivity index (χ0) is 15.8. The molecule has 0 heterocycles. The molecular weight excluding hydrogens is 331 g/mol. The molecule has 0 aliphatic carbocycles. The van der Waals surface area contributed by atoms with Crippen molar-refractivity contribution in [1.82, 2.24) is 0 Å². The van der Waals surface area contributed by atoms with Crippen LogP contribution in [-0.2, 0) is 4.79 Å². The van der Waals surface area contributed by atoms with Gasteiger partial charge >= 0.3 is 0 Å². The Morgan fingerprint density at radius 1 is 1.48 bits per heavy atom. The first-order chi connectivity index (χ1) is 9.93. The van der Waals surface area contributed by atoms with Crippen molar-refractivity contribution in [2.45, 2.75) is 19.8 Å². The molecule has 1 aromatic carbocycles. The third-order valence-electron chi connectivity index (χ3n) is 2.76. The summed E-state index contributed by atoms with van der Waals surface area (Å²) in [5.74, 6) is 1.94. The van der Waals surface area contributed by atoms with Crippen LogP contribution in [0.1, 0.15) is 19.8 Å². The zero-order valence-electron chi connectivity index (χ0n) is 11.9. The van der Waals surface area contributed by atoms with Crippen molar-refractivity contribution in [1.29, 1.82) is 0 Å². The molecule has 1 atom stereocenters. The maximum Gasteiger partial charge on any atom is 0.224 e. The highest BCUT2D eigenvalue weighted by atomic mass is 35.5. The number of aliphatic hydroxyl groups excluding tert-OH is 1. The quantitative estimate of drug-likeness (QED) is 0.494. The largest absolute Gasteiger partial charge is 0.397 e. The fraction of sp³-hybridized carbons (Fsp3) is 0.500. The third-order valence-corrected chi connectivity index (χ3v) is 4.65. The van der Waals surface area contributed by atoms with E-state index in [-0.39, 0.29) is 18.4 Å². The number of benzene rings is 1. The van der Waals surface area contributed by atoms with Gasteiger partial charge in [0.05, 0.1) is 16.4 Å². The number of hydrogen-bond donors (Lipinski definition) is 3. The van der Waals surface area contributed by atoms with Crippen LogP contribution in [0.2, 0.25) is 10.0 Å². The van der Waals surface area contributed by atoms with E-state index in [1.165, 1.54) is 0 Å². The maximum absolute atomic E-state index is 11.8. The summed E-state index contributed by atoms with van der Waals surface area (Å²) in [5, 5.41) is 12.4. The van der Waals surface area contributed by atoms with Crippen LogP contribution in [0.5, 0.6) is 0 Å². The number of amides is 1. The van der Waals surface area contributed by atoms with E-state index >= 15 is 0 Å². The minimum atomic E-state index is -0.123. The molecule has 4 nitrogen and oxygen atoms in total. The second-order valence-electron chi connectivity index (χ2n) is 4.87. The number of nitrogens with two attached hydrogens (primary N) is 1. The van der Waals surface area contributed by atoms with Crippen LogP contribution >= 0.6 is 35.0 Å². The molecule has 0 aliphatic rings. The Balaban J connectivity index is 2.35. The summed E-state index contributed by atoms with van der Waals surface area (Å²) in [6, 6.07) is 3.09. The lowest BCUT2D eigenvalue weighted by Gasteiger charge is -2.11. The molecule has 1 aromatic rings. The Bertz CT molecular complexity index is 463. The Morgan fingerprint density at radius 3 is 2.81 bits per heavy atom. The van der Waals surface area contributed by atoms with Crippen molar-refractivity contribution in [3.05, 3.63) is 22.2 Å². The predicted octanol–water partition coefficient (Wildman–Crippen LogP) is 3.66. The fourth-order valence-corrected chi connectivity index (χ4v) is 3.18. The highest BCUT2D eigenvalue weighted by Crippen LogP contribution is 2.32. The number of halogens is 2. The summed E-state index contributed by atoms with van der Waals surface area (Å²) in [6.07, 6.45) is 1.17. The molecule has 1 unspecified atom stereocenters. The van der Waals surface area contributed by atoms with E-state index in [9.17, 15) is 4.79 Å². The van der Waals surface area contributed by atoms with Crippen molar-refractivity contribution >= 4 is 52.2 Å². The van der Waals surface area contributed by atoms with Gasteiger partial charge in [-0.1, -0.05) is 30.1 Å². The molecule has 0 fully saturated rings. The second-order valence-corrected chi connectivity index (χ2v) is 6.86. The first-order valence-electron chi connectivity index (χ1n) is 6.67. The zero-order valence-corrected chi connectivity index (χ0v) is 14.2. The second kappa shape index (κ2) is 9.41. The number of carbonyl (C=O) groups excluding carboxylic acids is 1. The maximum atomic E-state index is 11.8. The van der Waals surface area contributed by atoms with Crippen molar-refractivity contribution < 1.29 is 9.90 Å². The number of aliphatic hydroxyl groups is 1. The monoisotopic (exact) mass is 350 g/mol. The van der Waals surface area contributed by atoms with Gasteiger partial charge in [-0.25, -0.2) is 0 Å². The van der Waals surface area contributed by atoms with E-state index in [2.05, 4.69) is 5.32 Å². The molecule has 21 heavy (non-hydrogen) atoms. The van der Waals surface area contributed by atoms with Gasteiger partial charge in [-0.2, -0.15) is 11.8 Å². The molecule has 0 spiro atoms. The lowest BCUT2D eigenvalue weighted by Crippen LogP contribution is -2.13. The summed E-state index contributed by atoms with van der Waals surface area (Å²) in [6.45, 7) is 2.19. The summed E-state index contributed by atoms with van der Waals surface area (Å²) in [5.41, 5.74) is 6.55. The van der Waals surface area contributed by atoms with Crippen LogP contribution in [0.15, 0.2) is 12.1 Å². The predicted molar refractivity (Wildman–Crippen MR) is 92.3 cm³/mol. The Kier molecular flexibility index (Phi) is 8.26. The van der Waals surface area contributed by atoms with Gasteiger partial charge in [0, 0.05) is 18.1 Å². The summed E-state index contributed by atoms with van der Waals surface area (Å²) < 4.78 is 0. The first-order valence-corrected chi connectivity index (χ1v) is 8.58. The first kappa shape index (κ1) is 18.4. The van der Waals surface area contributed by atoms with Crippen LogP contribution in [-0.4, -0.2) is 29.1 Å². The molecule has 4 N–H and O–H groups in total. The van der Waals surface area contributed by atoms with Crippen LogP contribution in [0.3, 0.4) is 0 Å². The number of hydrogen-bond acceptors (Lipinski definition) is 4. The minimum Gasteiger partial charge on any atom is -0.397 e. The van der Waals surface area contributed by atoms with Gasteiger partial charge in [-0.3, -0.25) is 4.79 Å². The Labute approximate surface area is 139 Å². The van der Waals surface area contributed by atoms with Crippen LogP contribution in [0.4, 0.5) is 11.4 Å². The van der Waals surface area contributed by atoms with Gasteiger partial charge in [0.15, 0.2) is 0 Å². The van der Waals surface area contributed by atoms with Crippen molar-refractivity contribution in [3.8, 4) is 0 Å². The van der Waals surface area contributed by atoms with Crippen LogP contribution < -0.4 is 11.1 Å². The van der Waals surface area contributed by atoms with Crippen molar-refractivity contribution in [2.75, 3.05) is 29.2 Å². The molecule has 0 bridgehead atoms. The smallest absolute Gasteiger partial charge is 0.224 e. The highest BCUT2D eigenvalue weighted by molar-refractivity contribution is 7.99. The summed E-state index contributed by atoms with van der Waals surface area (Å²) in [7, 11) is 0. The Morgan fingerprint density at radius 2 is 2.19 bits per heavy atom. The molecule has 0 radical (unpaired) electrons. The molecule has 118 valence electrons. The number of rotatable bonds is 8. The average Bonchev–Trinajstić information content (AvgIpc) is 2.42. The number of carbonyl (C=O) groups is 1. The molecule has 0 aromatic heterocycles. The lowest BCUT2D eigenvalue weighted by atomic mass is 10.2. The van der Waals surface area contributed by atoms with E-state index in [4.69, 9.17) is 34.0 Å². The SMILES string of the molecule is CC(CO)CSCCCC(=O)Nc1c(N)cc(Cl)cc1Cl. The van der Waals surface area contributed by atoms with Gasteiger partial charge in [-0.15, -0.1) is 0 Å². The van der Waals surface area contributed by atoms with Crippen LogP contribution in [0.25, 0.3) is 0 Å². The topological polar surface area (TPSA) is 75.3 Å². The van der Waals surface area contributed by atoms with Crippen LogP contribution in [0, 0.1) is 5.92 Å². The van der Waals surface area contributed by atoms with Gasteiger partial charge in [0.25, 0.3) is 0 Å². The van der Waals surface area contributed by atoms with E-state index in [1.54, 1.807) is 23.9 Å². The number of thioether (sulfide) groups is 1. The normalized spacial score (nSPS) is 12.2. The Hall–Kier alpha value is -0.620. The summed E-state index contributed by atoms with van der Waals surface area (Å²) in [4.78, 5) is 11.8. The van der Waals surface area contributed by atoms with Gasteiger partial charge < -0.3 is 16.2 Å². The van der Waals surface area contributed by atoms with E-state index < -0.39 is 0 Å². The van der Waals surface area contributed by atoms with E-state index in [0.717, 1.165) is 17.9 Å². The molecule has 0 saturated carbocycles. The van der Waals surface area contributed by atoms with Gasteiger partial charge in [0.1, 0.15) is 0 Å². The van der Waals surface area contributed by atoms with E-state index in [0.29, 0.717) is 27.8 Å². The molecule has 0 saturated heterocycles. The lowest BCUT2D eigenvalue weighted by molar-refractivity contribution is -0.116. The third kappa shape index (κ3) is 6.78. The van der Waals surface area contributed by atoms with Gasteiger partial charge in [-0.05, 0) is 36.0 Å². The standard InChI is InChI=1S/C14H20Cl2N2O2S/c1-9(7-19)8-21-4-2-3-13(20)18-14-11(16)5-10(15)6-12(14)17/h5-6,9,19H,2-4,7-8,17H2,1H3,(H,18,20). The molecular formula is C14H20Cl2N2O2S. The highest BCUT2D eigenvalue weighted by Gasteiger charge is 2.10. The molecule has 7 heteroatoms. The van der Waals surface area contributed by atoms with Crippen molar-refractivity contribution in [2.24, 2.45) is 5.92 Å². The number of anilines is 2. The molecule has 1 amide bonds.